The van der Waals surface area contributed by atoms with Crippen molar-refractivity contribution in [3.05, 3.63) is 51.7 Å². The number of anilines is 1. The lowest BCUT2D eigenvalue weighted by molar-refractivity contribution is 0.0751. The summed E-state index contributed by atoms with van der Waals surface area (Å²) in [6.45, 7) is 6.82. The minimum atomic E-state index is 0.112. The highest BCUT2D eigenvalue weighted by Crippen LogP contribution is 2.21. The Morgan fingerprint density at radius 3 is 2.38 bits per heavy atom. The molecule has 0 bridgehead atoms. The number of aryl methyl sites for hydroxylation is 2. The van der Waals surface area contributed by atoms with Gasteiger partial charge in [0.25, 0.3) is 5.91 Å². The smallest absolute Gasteiger partial charge is 0.264 e. The quantitative estimate of drug-likeness (QED) is 0.710. The number of carbonyl (C=O) groups excluding carboxylic acids is 1. The van der Waals surface area contributed by atoms with Gasteiger partial charge in [0, 0.05) is 31.1 Å². The van der Waals surface area contributed by atoms with Crippen molar-refractivity contribution in [3.8, 4) is 5.69 Å². The Labute approximate surface area is 155 Å². The normalized spacial score (nSPS) is 14.7. The second-order valence-electron chi connectivity index (χ2n) is 6.42. The van der Waals surface area contributed by atoms with E-state index in [0.717, 1.165) is 15.4 Å². The van der Waals surface area contributed by atoms with Crippen LogP contribution in [0.5, 0.6) is 0 Å². The molecular weight excluding hydrogens is 348 g/mol. The van der Waals surface area contributed by atoms with Crippen LogP contribution < -0.4 is 4.90 Å². The first kappa shape index (κ1) is 16.7. The van der Waals surface area contributed by atoms with Gasteiger partial charge in [0.1, 0.15) is 0 Å². The molecule has 8 heteroatoms. The van der Waals surface area contributed by atoms with E-state index in [9.17, 15) is 4.79 Å². The molecule has 0 N–H and O–H groups in total. The van der Waals surface area contributed by atoms with E-state index in [-0.39, 0.29) is 5.91 Å². The molecule has 0 radical (unpaired) electrons. The van der Waals surface area contributed by atoms with Crippen molar-refractivity contribution in [2.45, 2.75) is 13.8 Å². The van der Waals surface area contributed by atoms with E-state index >= 15 is 0 Å². The van der Waals surface area contributed by atoms with E-state index < -0.39 is 0 Å². The van der Waals surface area contributed by atoms with Crippen molar-refractivity contribution in [1.82, 2.24) is 25.1 Å². The van der Waals surface area contributed by atoms with Crippen molar-refractivity contribution >= 4 is 23.2 Å². The van der Waals surface area contributed by atoms with Crippen LogP contribution in [0.4, 0.5) is 5.95 Å². The summed E-state index contributed by atoms with van der Waals surface area (Å²) >= 11 is 1.55. The van der Waals surface area contributed by atoms with Gasteiger partial charge in [-0.15, -0.1) is 11.3 Å². The van der Waals surface area contributed by atoms with Crippen LogP contribution in [0, 0.1) is 13.8 Å². The summed E-state index contributed by atoms with van der Waals surface area (Å²) in [7, 11) is 0. The summed E-state index contributed by atoms with van der Waals surface area (Å²) in [5.41, 5.74) is 2.13. The van der Waals surface area contributed by atoms with Gasteiger partial charge in [0.05, 0.1) is 10.6 Å². The number of aromatic nitrogens is 4. The van der Waals surface area contributed by atoms with E-state index in [2.05, 4.69) is 27.3 Å². The summed E-state index contributed by atoms with van der Waals surface area (Å²) in [5.74, 6) is 0.828. The fourth-order valence-electron chi connectivity index (χ4n) is 3.05. The third kappa shape index (κ3) is 3.20. The van der Waals surface area contributed by atoms with Gasteiger partial charge in [-0.25, -0.2) is 0 Å². The molecule has 134 valence electrons. The Balaban J connectivity index is 1.46. The first-order valence-electron chi connectivity index (χ1n) is 8.58. The molecule has 0 saturated carbocycles. The molecule has 1 fully saturated rings. The number of tetrazole rings is 1. The molecule has 1 aliphatic heterocycles. The minimum absolute atomic E-state index is 0.112. The maximum absolute atomic E-state index is 12.6. The number of piperazine rings is 1. The molecule has 0 unspecified atom stereocenters. The number of carbonyl (C=O) groups is 1. The minimum Gasteiger partial charge on any atom is -0.336 e. The van der Waals surface area contributed by atoms with Crippen LogP contribution >= 0.6 is 11.3 Å². The first-order chi connectivity index (χ1) is 12.6. The van der Waals surface area contributed by atoms with E-state index in [1.807, 2.05) is 48.2 Å². The molecular formula is C18H20N6OS. The molecule has 3 aromatic rings. The number of benzene rings is 1. The van der Waals surface area contributed by atoms with E-state index in [4.69, 9.17) is 0 Å². The largest absolute Gasteiger partial charge is 0.336 e. The van der Waals surface area contributed by atoms with Gasteiger partial charge in [-0.05, 0) is 48.5 Å². The molecule has 1 aliphatic rings. The van der Waals surface area contributed by atoms with Gasteiger partial charge >= 0.3 is 0 Å². The fraction of sp³-hybridized carbons (Fsp3) is 0.333. The van der Waals surface area contributed by atoms with Crippen LogP contribution in [0.3, 0.4) is 0 Å². The number of hydrogen-bond donors (Lipinski definition) is 0. The average Bonchev–Trinajstić information content (AvgIpc) is 3.31. The van der Waals surface area contributed by atoms with Gasteiger partial charge < -0.3 is 9.80 Å². The second kappa shape index (κ2) is 6.87. The monoisotopic (exact) mass is 368 g/mol. The topological polar surface area (TPSA) is 67.2 Å². The zero-order chi connectivity index (χ0) is 18.1. The highest BCUT2D eigenvalue weighted by molar-refractivity contribution is 7.13. The van der Waals surface area contributed by atoms with Gasteiger partial charge in [-0.1, -0.05) is 22.8 Å². The number of nitrogens with zero attached hydrogens (tertiary/aromatic N) is 6. The van der Waals surface area contributed by atoms with Crippen molar-refractivity contribution in [2.24, 2.45) is 0 Å². The van der Waals surface area contributed by atoms with Crippen LogP contribution in [-0.4, -0.2) is 57.2 Å². The third-order valence-corrected chi connectivity index (χ3v) is 5.52. The van der Waals surface area contributed by atoms with Gasteiger partial charge in [-0.2, -0.15) is 4.68 Å². The van der Waals surface area contributed by atoms with Crippen LogP contribution in [0.25, 0.3) is 5.69 Å². The summed E-state index contributed by atoms with van der Waals surface area (Å²) in [4.78, 5) is 18.6. The molecule has 26 heavy (non-hydrogen) atoms. The summed E-state index contributed by atoms with van der Waals surface area (Å²) < 4.78 is 1.75. The molecule has 0 atom stereocenters. The second-order valence-corrected chi connectivity index (χ2v) is 7.70. The Bertz CT molecular complexity index is 908. The summed E-state index contributed by atoms with van der Waals surface area (Å²) in [6.07, 6.45) is 0. The Morgan fingerprint density at radius 1 is 1.00 bits per heavy atom. The van der Waals surface area contributed by atoms with Gasteiger partial charge in [0.2, 0.25) is 5.95 Å². The van der Waals surface area contributed by atoms with E-state index in [1.54, 1.807) is 16.0 Å². The van der Waals surface area contributed by atoms with Crippen molar-refractivity contribution in [1.29, 1.82) is 0 Å². The third-order valence-electron chi connectivity index (χ3n) is 4.53. The number of amides is 1. The van der Waals surface area contributed by atoms with Crippen molar-refractivity contribution in [2.75, 3.05) is 31.1 Å². The zero-order valence-corrected chi connectivity index (χ0v) is 15.6. The SMILES string of the molecule is Cc1ccc(-n2nnnc2N2CCN(C(=O)c3ccc(C)s3)CC2)cc1. The Kier molecular flexibility index (Phi) is 4.42. The Morgan fingerprint density at radius 2 is 1.73 bits per heavy atom. The van der Waals surface area contributed by atoms with E-state index in [1.165, 1.54) is 5.56 Å². The molecule has 7 nitrogen and oxygen atoms in total. The lowest BCUT2D eigenvalue weighted by Crippen LogP contribution is -2.49. The lowest BCUT2D eigenvalue weighted by atomic mass is 10.2. The molecule has 4 rings (SSSR count). The summed E-state index contributed by atoms with van der Waals surface area (Å²) in [5, 5.41) is 12.2. The van der Waals surface area contributed by atoms with Gasteiger partial charge in [0.15, 0.2) is 0 Å². The van der Waals surface area contributed by atoms with Crippen LogP contribution in [0.15, 0.2) is 36.4 Å². The number of thiophene rings is 1. The van der Waals surface area contributed by atoms with Crippen LogP contribution in [0.1, 0.15) is 20.1 Å². The first-order valence-corrected chi connectivity index (χ1v) is 9.39. The molecule has 1 saturated heterocycles. The number of rotatable bonds is 3. The number of hydrogen-bond acceptors (Lipinski definition) is 6. The maximum atomic E-state index is 12.6. The highest BCUT2D eigenvalue weighted by Gasteiger charge is 2.26. The van der Waals surface area contributed by atoms with Gasteiger partial charge in [-0.3, -0.25) is 4.79 Å². The molecule has 0 aliphatic carbocycles. The average molecular weight is 368 g/mol. The van der Waals surface area contributed by atoms with Crippen molar-refractivity contribution in [3.63, 3.8) is 0 Å². The standard InChI is InChI=1S/C18H20N6OS/c1-13-3-6-15(7-4-13)24-18(19-20-21-24)23-11-9-22(10-12-23)17(25)16-8-5-14(2)26-16/h3-8H,9-12H2,1-2H3. The fourth-order valence-corrected chi connectivity index (χ4v) is 3.88. The predicted molar refractivity (Wildman–Crippen MR) is 101 cm³/mol. The maximum Gasteiger partial charge on any atom is 0.264 e. The lowest BCUT2D eigenvalue weighted by Gasteiger charge is -2.34. The molecule has 0 spiro atoms. The molecule has 1 amide bonds. The van der Waals surface area contributed by atoms with Crippen LogP contribution in [-0.2, 0) is 0 Å². The predicted octanol–water partition coefficient (Wildman–Crippen LogP) is 2.30. The molecule has 1 aromatic carbocycles. The molecule has 3 heterocycles. The van der Waals surface area contributed by atoms with E-state index in [0.29, 0.717) is 32.1 Å². The highest BCUT2D eigenvalue weighted by atomic mass is 32.1. The summed E-state index contributed by atoms with van der Waals surface area (Å²) in [6, 6.07) is 12.0. The zero-order valence-electron chi connectivity index (χ0n) is 14.8. The molecule has 2 aromatic heterocycles. The Hall–Kier alpha value is -2.74. The van der Waals surface area contributed by atoms with Crippen molar-refractivity contribution < 1.29 is 4.79 Å². The van der Waals surface area contributed by atoms with Crippen LogP contribution in [0.2, 0.25) is 0 Å².